The Hall–Kier alpha value is -2.87. The molecule has 1 aromatic carbocycles. The predicted octanol–water partition coefficient (Wildman–Crippen LogP) is 4.08. The Morgan fingerprint density at radius 1 is 1.12 bits per heavy atom. The SMILES string of the molecule is CCC(C)[C@H](NCC(=O)Oc1ccc(CNC(=O)CCCC/C=C/C(C)C)cc1OC)C(=O)O. The second-order valence-electron chi connectivity index (χ2n) is 8.74. The number of nitrogens with one attached hydrogen (secondary N) is 2. The van der Waals surface area contributed by atoms with Crippen molar-refractivity contribution in [2.45, 2.75) is 72.4 Å². The van der Waals surface area contributed by atoms with Crippen LogP contribution in [0.3, 0.4) is 0 Å². The Bertz CT molecular complexity index is 822. The minimum absolute atomic E-state index is 0.0114. The molecule has 0 aromatic heterocycles. The van der Waals surface area contributed by atoms with Gasteiger partial charge in [0.1, 0.15) is 6.04 Å². The molecule has 0 aliphatic heterocycles. The molecule has 0 spiro atoms. The number of aliphatic carboxylic acids is 1. The number of carbonyl (C=O) groups excluding carboxylic acids is 2. The zero-order valence-corrected chi connectivity index (χ0v) is 21.1. The Labute approximate surface area is 203 Å². The van der Waals surface area contributed by atoms with Crippen molar-refractivity contribution in [2.24, 2.45) is 11.8 Å². The number of rotatable bonds is 16. The summed E-state index contributed by atoms with van der Waals surface area (Å²) in [6.45, 7) is 8.07. The first-order valence-corrected chi connectivity index (χ1v) is 11.9. The maximum Gasteiger partial charge on any atom is 0.325 e. The van der Waals surface area contributed by atoms with Crippen LogP contribution in [0.5, 0.6) is 11.5 Å². The number of hydrogen-bond donors (Lipinski definition) is 3. The quantitative estimate of drug-likeness (QED) is 0.143. The molecule has 8 heteroatoms. The molecular weight excluding hydrogens is 436 g/mol. The van der Waals surface area contributed by atoms with Gasteiger partial charge >= 0.3 is 11.9 Å². The molecule has 1 amide bonds. The molecule has 0 aliphatic rings. The van der Waals surface area contributed by atoms with Crippen molar-refractivity contribution in [1.82, 2.24) is 10.6 Å². The minimum Gasteiger partial charge on any atom is -0.493 e. The van der Waals surface area contributed by atoms with Crippen LogP contribution in [0.2, 0.25) is 0 Å². The highest BCUT2D eigenvalue weighted by atomic mass is 16.6. The van der Waals surface area contributed by atoms with E-state index in [0.29, 0.717) is 31.1 Å². The molecule has 0 bridgehead atoms. The molecule has 0 saturated carbocycles. The molecule has 1 aromatic rings. The van der Waals surface area contributed by atoms with E-state index >= 15 is 0 Å². The van der Waals surface area contributed by atoms with Crippen molar-refractivity contribution >= 4 is 17.8 Å². The zero-order valence-electron chi connectivity index (χ0n) is 21.1. The van der Waals surface area contributed by atoms with Gasteiger partial charge in [0.15, 0.2) is 11.5 Å². The summed E-state index contributed by atoms with van der Waals surface area (Å²) in [5, 5.41) is 14.9. The van der Waals surface area contributed by atoms with Crippen molar-refractivity contribution in [1.29, 1.82) is 0 Å². The van der Waals surface area contributed by atoms with E-state index in [1.165, 1.54) is 7.11 Å². The van der Waals surface area contributed by atoms with Gasteiger partial charge in [-0.15, -0.1) is 0 Å². The summed E-state index contributed by atoms with van der Waals surface area (Å²) < 4.78 is 10.7. The molecule has 2 atom stereocenters. The third-order valence-electron chi connectivity index (χ3n) is 5.43. The number of carboxylic acid groups (broad SMARTS) is 1. The average molecular weight is 477 g/mol. The zero-order chi connectivity index (χ0) is 25.5. The first kappa shape index (κ1) is 29.2. The number of carbonyl (C=O) groups is 3. The molecular formula is C26H40N2O6. The standard InChI is InChI=1S/C26H40N2O6/c1-6-19(4)25(26(31)32)28-17-24(30)34-21-14-13-20(15-22(21)33-5)16-27-23(29)12-10-8-7-9-11-18(2)3/h9,11,13-15,18-19,25,28H,6-8,10,12,16-17H2,1-5H3,(H,27,29)(H,31,32)/b11-9+/t19?,25-/m0/s1. The highest BCUT2D eigenvalue weighted by Crippen LogP contribution is 2.28. The van der Waals surface area contributed by atoms with Gasteiger partial charge in [-0.1, -0.05) is 52.3 Å². The maximum absolute atomic E-state index is 12.2. The number of unbranched alkanes of at least 4 members (excludes halogenated alkanes) is 2. The maximum atomic E-state index is 12.2. The minimum atomic E-state index is -1.01. The van der Waals surface area contributed by atoms with E-state index < -0.39 is 18.0 Å². The number of allylic oxidation sites excluding steroid dienone is 2. The lowest BCUT2D eigenvalue weighted by Crippen LogP contribution is -2.44. The average Bonchev–Trinajstić information content (AvgIpc) is 2.79. The third-order valence-corrected chi connectivity index (χ3v) is 5.43. The number of esters is 1. The monoisotopic (exact) mass is 476 g/mol. The summed E-state index contributed by atoms with van der Waals surface area (Å²) in [6, 6.07) is 4.21. The summed E-state index contributed by atoms with van der Waals surface area (Å²) in [5.74, 6) is -0.626. The van der Waals surface area contributed by atoms with E-state index in [2.05, 4.69) is 36.6 Å². The molecule has 190 valence electrons. The Morgan fingerprint density at radius 2 is 1.85 bits per heavy atom. The van der Waals surface area contributed by atoms with Gasteiger partial charge in [0.05, 0.1) is 13.7 Å². The smallest absolute Gasteiger partial charge is 0.325 e. The Morgan fingerprint density at radius 3 is 2.47 bits per heavy atom. The molecule has 0 aliphatic carbocycles. The lowest BCUT2D eigenvalue weighted by molar-refractivity contribution is -0.141. The first-order valence-electron chi connectivity index (χ1n) is 11.9. The van der Waals surface area contributed by atoms with Gasteiger partial charge in [-0.3, -0.25) is 19.7 Å². The predicted molar refractivity (Wildman–Crippen MR) is 132 cm³/mol. The number of ether oxygens (including phenoxy) is 2. The molecule has 0 saturated heterocycles. The van der Waals surface area contributed by atoms with Gasteiger partial charge in [-0.25, -0.2) is 0 Å². The van der Waals surface area contributed by atoms with Gasteiger partial charge in [0.25, 0.3) is 0 Å². The number of methoxy groups -OCH3 is 1. The first-order chi connectivity index (χ1) is 16.2. The normalized spacial score (nSPS) is 13.0. The van der Waals surface area contributed by atoms with Crippen LogP contribution in [0.25, 0.3) is 0 Å². The van der Waals surface area contributed by atoms with Crippen LogP contribution >= 0.6 is 0 Å². The van der Waals surface area contributed by atoms with E-state index in [1.54, 1.807) is 18.2 Å². The van der Waals surface area contributed by atoms with E-state index in [1.807, 2.05) is 13.8 Å². The summed E-state index contributed by atoms with van der Waals surface area (Å²) >= 11 is 0. The van der Waals surface area contributed by atoms with Gasteiger partial charge < -0.3 is 19.9 Å². The molecule has 0 fully saturated rings. The Kier molecular flexibility index (Phi) is 13.6. The fourth-order valence-electron chi connectivity index (χ4n) is 3.23. The van der Waals surface area contributed by atoms with Crippen LogP contribution in [-0.4, -0.2) is 42.6 Å². The summed E-state index contributed by atoms with van der Waals surface area (Å²) in [6.07, 6.45) is 8.26. The van der Waals surface area contributed by atoms with Crippen LogP contribution in [0.15, 0.2) is 30.4 Å². The van der Waals surface area contributed by atoms with Crippen LogP contribution in [0, 0.1) is 11.8 Å². The van der Waals surface area contributed by atoms with Crippen molar-refractivity contribution in [3.63, 3.8) is 0 Å². The molecule has 1 unspecified atom stereocenters. The fourth-order valence-corrected chi connectivity index (χ4v) is 3.23. The number of benzene rings is 1. The van der Waals surface area contributed by atoms with Crippen molar-refractivity contribution < 1.29 is 29.0 Å². The molecule has 34 heavy (non-hydrogen) atoms. The molecule has 8 nitrogen and oxygen atoms in total. The summed E-state index contributed by atoms with van der Waals surface area (Å²) in [7, 11) is 1.46. The second-order valence-corrected chi connectivity index (χ2v) is 8.74. The molecule has 0 heterocycles. The lowest BCUT2D eigenvalue weighted by Gasteiger charge is -2.19. The highest BCUT2D eigenvalue weighted by Gasteiger charge is 2.24. The van der Waals surface area contributed by atoms with Crippen molar-refractivity contribution in [3.8, 4) is 11.5 Å². The van der Waals surface area contributed by atoms with Crippen molar-refractivity contribution in [3.05, 3.63) is 35.9 Å². The lowest BCUT2D eigenvalue weighted by atomic mass is 9.99. The third kappa shape index (κ3) is 11.3. The fraction of sp³-hybridized carbons (Fsp3) is 0.577. The van der Waals surface area contributed by atoms with E-state index in [9.17, 15) is 19.5 Å². The number of hydrogen-bond acceptors (Lipinski definition) is 6. The summed E-state index contributed by atoms with van der Waals surface area (Å²) in [5.41, 5.74) is 0.811. The van der Waals surface area contributed by atoms with E-state index in [-0.39, 0.29) is 24.1 Å². The molecule has 1 rings (SSSR count). The van der Waals surface area contributed by atoms with Gasteiger partial charge in [-0.05, 0) is 48.8 Å². The largest absolute Gasteiger partial charge is 0.493 e. The second kappa shape index (κ2) is 15.9. The molecule has 3 N–H and O–H groups in total. The number of amides is 1. The van der Waals surface area contributed by atoms with Crippen LogP contribution in [-0.2, 0) is 20.9 Å². The van der Waals surface area contributed by atoms with Crippen LogP contribution < -0.4 is 20.1 Å². The van der Waals surface area contributed by atoms with Gasteiger partial charge in [-0.2, -0.15) is 0 Å². The molecule has 0 radical (unpaired) electrons. The van der Waals surface area contributed by atoms with Gasteiger partial charge in [0.2, 0.25) is 5.91 Å². The van der Waals surface area contributed by atoms with Gasteiger partial charge in [0, 0.05) is 13.0 Å². The van der Waals surface area contributed by atoms with E-state index in [4.69, 9.17) is 9.47 Å². The topological polar surface area (TPSA) is 114 Å². The van der Waals surface area contributed by atoms with Crippen LogP contribution in [0.4, 0.5) is 0 Å². The Balaban J connectivity index is 2.52. The van der Waals surface area contributed by atoms with Crippen molar-refractivity contribution in [2.75, 3.05) is 13.7 Å². The van der Waals surface area contributed by atoms with E-state index in [0.717, 1.165) is 24.8 Å². The highest BCUT2D eigenvalue weighted by molar-refractivity contribution is 5.78. The summed E-state index contributed by atoms with van der Waals surface area (Å²) in [4.78, 5) is 35.7. The van der Waals surface area contributed by atoms with Crippen LogP contribution in [0.1, 0.15) is 65.4 Å². The number of carboxylic acids is 1.